The van der Waals surface area contributed by atoms with Gasteiger partial charge in [0.25, 0.3) is 0 Å². The van der Waals surface area contributed by atoms with Crippen LogP contribution in [0.3, 0.4) is 0 Å². The van der Waals surface area contributed by atoms with Gasteiger partial charge in [-0.05, 0) is 25.5 Å². The second kappa shape index (κ2) is 8.64. The van der Waals surface area contributed by atoms with Gasteiger partial charge in [-0.25, -0.2) is 0 Å². The molecule has 0 aliphatic heterocycles. The SMILES string of the molecule is CCC[C@@H](O)CN(CCOC)Cc1ccc(C)s1. The lowest BCUT2D eigenvalue weighted by Crippen LogP contribution is -2.34. The highest BCUT2D eigenvalue weighted by atomic mass is 32.1. The molecule has 1 N–H and O–H groups in total. The van der Waals surface area contributed by atoms with Gasteiger partial charge in [0.15, 0.2) is 0 Å². The van der Waals surface area contributed by atoms with Crippen LogP contribution in [0, 0.1) is 6.92 Å². The molecule has 18 heavy (non-hydrogen) atoms. The summed E-state index contributed by atoms with van der Waals surface area (Å²) in [4.78, 5) is 4.97. The fourth-order valence-corrected chi connectivity index (χ4v) is 2.90. The van der Waals surface area contributed by atoms with Crippen LogP contribution in [0.1, 0.15) is 29.5 Å². The summed E-state index contributed by atoms with van der Waals surface area (Å²) in [6, 6.07) is 4.32. The van der Waals surface area contributed by atoms with Gasteiger partial charge >= 0.3 is 0 Å². The molecule has 3 nitrogen and oxygen atoms in total. The van der Waals surface area contributed by atoms with Crippen molar-refractivity contribution in [2.75, 3.05) is 26.8 Å². The molecule has 0 bridgehead atoms. The molecule has 0 spiro atoms. The fourth-order valence-electron chi connectivity index (χ4n) is 1.97. The van der Waals surface area contributed by atoms with E-state index in [-0.39, 0.29) is 6.10 Å². The van der Waals surface area contributed by atoms with Crippen LogP contribution < -0.4 is 0 Å². The van der Waals surface area contributed by atoms with Crippen molar-refractivity contribution in [3.8, 4) is 0 Å². The van der Waals surface area contributed by atoms with E-state index in [0.29, 0.717) is 6.61 Å². The lowest BCUT2D eigenvalue weighted by atomic mass is 10.2. The van der Waals surface area contributed by atoms with Gasteiger partial charge in [0.05, 0.1) is 12.7 Å². The molecule has 1 aromatic heterocycles. The van der Waals surface area contributed by atoms with Crippen LogP contribution in [0.5, 0.6) is 0 Å². The molecule has 1 atom stereocenters. The summed E-state index contributed by atoms with van der Waals surface area (Å²) in [5.41, 5.74) is 0. The molecule has 0 aromatic carbocycles. The number of hydrogen-bond donors (Lipinski definition) is 1. The summed E-state index contributed by atoms with van der Waals surface area (Å²) in [7, 11) is 1.72. The molecule has 0 aliphatic rings. The van der Waals surface area contributed by atoms with E-state index in [2.05, 4.69) is 30.9 Å². The van der Waals surface area contributed by atoms with Crippen LogP contribution in [-0.4, -0.2) is 42.9 Å². The Morgan fingerprint density at radius 3 is 2.78 bits per heavy atom. The standard InChI is InChI=1S/C14H25NO2S/c1-4-5-13(16)10-15(8-9-17-3)11-14-7-6-12(2)18-14/h6-7,13,16H,4-5,8-11H2,1-3H3/t13-/m1/s1. The maximum absolute atomic E-state index is 9.92. The van der Waals surface area contributed by atoms with E-state index in [1.807, 2.05) is 11.3 Å². The third-order valence-electron chi connectivity index (χ3n) is 2.88. The highest BCUT2D eigenvalue weighted by Gasteiger charge is 2.12. The Bertz CT molecular complexity index is 327. The number of ether oxygens (including phenoxy) is 1. The number of nitrogens with zero attached hydrogens (tertiary/aromatic N) is 1. The van der Waals surface area contributed by atoms with Crippen molar-refractivity contribution in [3.63, 3.8) is 0 Å². The van der Waals surface area contributed by atoms with E-state index in [9.17, 15) is 5.11 Å². The van der Waals surface area contributed by atoms with Crippen LogP contribution in [0.4, 0.5) is 0 Å². The smallest absolute Gasteiger partial charge is 0.0667 e. The van der Waals surface area contributed by atoms with Crippen molar-refractivity contribution in [1.29, 1.82) is 0 Å². The van der Waals surface area contributed by atoms with E-state index in [0.717, 1.165) is 32.5 Å². The van der Waals surface area contributed by atoms with Crippen molar-refractivity contribution in [3.05, 3.63) is 21.9 Å². The van der Waals surface area contributed by atoms with Crippen molar-refractivity contribution >= 4 is 11.3 Å². The van der Waals surface area contributed by atoms with Crippen LogP contribution in [0.2, 0.25) is 0 Å². The average molecular weight is 271 g/mol. The van der Waals surface area contributed by atoms with Crippen molar-refractivity contribution < 1.29 is 9.84 Å². The normalized spacial score (nSPS) is 13.2. The molecule has 4 heteroatoms. The lowest BCUT2D eigenvalue weighted by Gasteiger charge is -2.24. The first-order valence-electron chi connectivity index (χ1n) is 6.60. The topological polar surface area (TPSA) is 32.7 Å². The molecule has 0 radical (unpaired) electrons. The zero-order chi connectivity index (χ0) is 13.4. The average Bonchev–Trinajstić information content (AvgIpc) is 2.72. The molecular formula is C14H25NO2S. The van der Waals surface area contributed by atoms with E-state index >= 15 is 0 Å². The van der Waals surface area contributed by atoms with E-state index in [4.69, 9.17) is 4.74 Å². The number of aliphatic hydroxyl groups is 1. The number of thiophene rings is 1. The van der Waals surface area contributed by atoms with Gasteiger partial charge in [-0.3, -0.25) is 4.90 Å². The van der Waals surface area contributed by atoms with Crippen molar-refractivity contribution in [2.24, 2.45) is 0 Å². The summed E-state index contributed by atoms with van der Waals surface area (Å²) >= 11 is 1.83. The molecule has 1 rings (SSSR count). The van der Waals surface area contributed by atoms with Gasteiger partial charge in [-0.1, -0.05) is 13.3 Å². The summed E-state index contributed by atoms with van der Waals surface area (Å²) in [5, 5.41) is 9.92. The number of aliphatic hydroxyl groups excluding tert-OH is 1. The summed E-state index contributed by atoms with van der Waals surface area (Å²) in [5.74, 6) is 0. The predicted octanol–water partition coefficient (Wildman–Crippen LogP) is 2.67. The first kappa shape index (κ1) is 15.6. The number of rotatable bonds is 9. The molecule has 0 saturated heterocycles. The summed E-state index contributed by atoms with van der Waals surface area (Å²) < 4.78 is 5.14. The van der Waals surface area contributed by atoms with Crippen LogP contribution in [0.25, 0.3) is 0 Å². The Balaban J connectivity index is 2.48. The third-order valence-corrected chi connectivity index (χ3v) is 3.86. The van der Waals surface area contributed by atoms with Gasteiger partial charge < -0.3 is 9.84 Å². The molecule has 0 amide bonds. The quantitative estimate of drug-likeness (QED) is 0.749. The number of methoxy groups -OCH3 is 1. The Morgan fingerprint density at radius 2 is 2.22 bits per heavy atom. The molecule has 0 fully saturated rings. The Labute approximate surface area is 114 Å². The second-order valence-corrected chi connectivity index (χ2v) is 6.06. The Hall–Kier alpha value is -0.420. The van der Waals surface area contributed by atoms with Crippen molar-refractivity contribution in [2.45, 2.75) is 39.3 Å². The van der Waals surface area contributed by atoms with Crippen molar-refractivity contribution in [1.82, 2.24) is 4.90 Å². The minimum Gasteiger partial charge on any atom is -0.392 e. The van der Waals surface area contributed by atoms with Crippen LogP contribution >= 0.6 is 11.3 Å². The predicted molar refractivity (Wildman–Crippen MR) is 77.1 cm³/mol. The molecular weight excluding hydrogens is 246 g/mol. The van der Waals surface area contributed by atoms with E-state index < -0.39 is 0 Å². The summed E-state index contributed by atoms with van der Waals surface area (Å²) in [6.07, 6.45) is 1.66. The van der Waals surface area contributed by atoms with Crippen LogP contribution in [0.15, 0.2) is 12.1 Å². The molecule has 1 aromatic rings. The minimum atomic E-state index is -0.229. The molecule has 0 saturated carbocycles. The molecule has 0 aliphatic carbocycles. The fraction of sp³-hybridized carbons (Fsp3) is 0.714. The summed E-state index contributed by atoms with van der Waals surface area (Å²) in [6.45, 7) is 7.44. The lowest BCUT2D eigenvalue weighted by molar-refractivity contribution is 0.0805. The largest absolute Gasteiger partial charge is 0.392 e. The Morgan fingerprint density at radius 1 is 1.44 bits per heavy atom. The van der Waals surface area contributed by atoms with Crippen LogP contribution in [-0.2, 0) is 11.3 Å². The molecule has 1 heterocycles. The zero-order valence-corrected chi connectivity index (χ0v) is 12.5. The van der Waals surface area contributed by atoms with E-state index in [1.165, 1.54) is 9.75 Å². The zero-order valence-electron chi connectivity index (χ0n) is 11.7. The minimum absolute atomic E-state index is 0.229. The first-order valence-corrected chi connectivity index (χ1v) is 7.42. The van der Waals surface area contributed by atoms with Gasteiger partial charge in [-0.2, -0.15) is 0 Å². The molecule has 0 unspecified atom stereocenters. The number of hydrogen-bond acceptors (Lipinski definition) is 4. The van der Waals surface area contributed by atoms with Gasteiger partial charge in [-0.15, -0.1) is 11.3 Å². The highest BCUT2D eigenvalue weighted by molar-refractivity contribution is 7.11. The second-order valence-electron chi connectivity index (χ2n) is 4.68. The van der Waals surface area contributed by atoms with Gasteiger partial charge in [0.1, 0.15) is 0 Å². The molecule has 104 valence electrons. The van der Waals surface area contributed by atoms with E-state index in [1.54, 1.807) is 7.11 Å². The number of aryl methyl sites for hydroxylation is 1. The maximum atomic E-state index is 9.92. The Kier molecular flexibility index (Phi) is 7.51. The first-order chi connectivity index (χ1) is 8.65. The highest BCUT2D eigenvalue weighted by Crippen LogP contribution is 2.17. The van der Waals surface area contributed by atoms with Gasteiger partial charge in [0, 0.05) is 36.5 Å². The monoisotopic (exact) mass is 271 g/mol. The third kappa shape index (κ3) is 5.96. The maximum Gasteiger partial charge on any atom is 0.0667 e. The van der Waals surface area contributed by atoms with Gasteiger partial charge in [0.2, 0.25) is 0 Å².